The monoisotopic (exact) mass is 133 g/mol. The van der Waals surface area contributed by atoms with E-state index in [-0.39, 0.29) is 6.61 Å². The van der Waals surface area contributed by atoms with Crippen LogP contribution in [0.2, 0.25) is 0 Å². The fraction of sp³-hybridized carbons (Fsp3) is 1.00. The molecular weight excluding hydrogens is 118 g/mol. The van der Waals surface area contributed by atoms with Gasteiger partial charge in [-0.1, -0.05) is 6.92 Å². The molecule has 0 bridgehead atoms. The highest BCUT2D eigenvalue weighted by atomic mass is 16.5. The van der Waals surface area contributed by atoms with Gasteiger partial charge in [-0.25, -0.2) is 0 Å². The summed E-state index contributed by atoms with van der Waals surface area (Å²) in [5, 5.41) is 8.31. The summed E-state index contributed by atoms with van der Waals surface area (Å²) in [6, 6.07) is 0. The van der Waals surface area contributed by atoms with Crippen molar-refractivity contribution < 1.29 is 9.84 Å². The fourth-order valence-corrected chi connectivity index (χ4v) is 0.376. The minimum atomic E-state index is 0.109. The molecule has 3 nitrogen and oxygen atoms in total. The molecule has 0 aliphatic carbocycles. The lowest BCUT2D eigenvalue weighted by Crippen LogP contribution is -2.21. The minimum absolute atomic E-state index is 0.109. The van der Waals surface area contributed by atoms with Crippen LogP contribution >= 0.6 is 0 Å². The number of ether oxygens (including phenoxy) is 1. The van der Waals surface area contributed by atoms with Crippen LogP contribution in [0.1, 0.15) is 6.92 Å². The normalized spacial score (nSPS) is 10.7. The molecule has 0 saturated heterocycles. The first-order valence-corrected chi connectivity index (χ1v) is 3.18. The van der Waals surface area contributed by atoms with Crippen LogP contribution in [-0.2, 0) is 4.74 Å². The van der Waals surface area contributed by atoms with Crippen LogP contribution in [0.3, 0.4) is 0 Å². The van der Waals surface area contributed by atoms with Crippen molar-refractivity contribution in [3.05, 3.63) is 0 Å². The molecule has 3 heteroatoms. The first kappa shape index (κ1) is 8.88. The van der Waals surface area contributed by atoms with Gasteiger partial charge in [-0.2, -0.15) is 0 Å². The van der Waals surface area contributed by atoms with E-state index in [0.29, 0.717) is 13.3 Å². The maximum atomic E-state index is 8.31. The number of rotatable bonds is 5. The fourth-order valence-electron chi connectivity index (χ4n) is 0.376. The van der Waals surface area contributed by atoms with Gasteiger partial charge in [-0.3, -0.25) is 4.90 Å². The van der Waals surface area contributed by atoms with Crippen LogP contribution < -0.4 is 0 Å². The van der Waals surface area contributed by atoms with E-state index >= 15 is 0 Å². The third kappa shape index (κ3) is 5.76. The molecule has 0 fully saturated rings. The summed E-state index contributed by atoms with van der Waals surface area (Å²) in [4.78, 5) is 2.02. The van der Waals surface area contributed by atoms with Gasteiger partial charge < -0.3 is 9.84 Å². The molecule has 0 aromatic carbocycles. The molecule has 1 N–H and O–H groups in total. The Labute approximate surface area is 56.2 Å². The smallest absolute Gasteiger partial charge is 0.0988 e. The largest absolute Gasteiger partial charge is 0.394 e. The Balaban J connectivity index is 2.88. The molecule has 0 aliphatic heterocycles. The number of hydrogen-bond acceptors (Lipinski definition) is 3. The van der Waals surface area contributed by atoms with Crippen molar-refractivity contribution in [3.8, 4) is 0 Å². The number of aliphatic hydroxyl groups is 1. The van der Waals surface area contributed by atoms with Gasteiger partial charge in [-0.15, -0.1) is 0 Å². The molecule has 0 aliphatic rings. The van der Waals surface area contributed by atoms with Crippen molar-refractivity contribution in [3.63, 3.8) is 0 Å². The van der Waals surface area contributed by atoms with Gasteiger partial charge >= 0.3 is 0 Å². The molecule has 0 amide bonds. The van der Waals surface area contributed by atoms with E-state index in [9.17, 15) is 0 Å². The molecule has 0 saturated carbocycles. The predicted octanol–water partition coefficient (Wildman–Crippen LogP) is -0.0955. The Morgan fingerprint density at radius 1 is 1.56 bits per heavy atom. The SMILES string of the molecule is CCN(C)COCCO. The van der Waals surface area contributed by atoms with Crippen molar-refractivity contribution in [2.24, 2.45) is 0 Å². The van der Waals surface area contributed by atoms with Crippen LogP contribution in [0, 0.1) is 0 Å². The lowest BCUT2D eigenvalue weighted by molar-refractivity contribution is 0.0254. The lowest BCUT2D eigenvalue weighted by Gasteiger charge is -2.12. The van der Waals surface area contributed by atoms with E-state index in [1.165, 1.54) is 0 Å². The van der Waals surface area contributed by atoms with Gasteiger partial charge in [0.2, 0.25) is 0 Å². The van der Waals surface area contributed by atoms with Gasteiger partial charge in [0.25, 0.3) is 0 Å². The second-order valence-corrected chi connectivity index (χ2v) is 1.93. The second-order valence-electron chi connectivity index (χ2n) is 1.93. The quantitative estimate of drug-likeness (QED) is 0.420. The van der Waals surface area contributed by atoms with Gasteiger partial charge in [0.15, 0.2) is 0 Å². The summed E-state index contributed by atoms with van der Waals surface area (Å²) in [6.07, 6.45) is 0. The van der Waals surface area contributed by atoms with Crippen molar-refractivity contribution in [1.29, 1.82) is 0 Å². The van der Waals surface area contributed by atoms with Gasteiger partial charge in [0.05, 0.1) is 19.9 Å². The molecule has 0 radical (unpaired) electrons. The summed E-state index contributed by atoms with van der Waals surface area (Å²) in [7, 11) is 1.97. The molecule has 56 valence electrons. The van der Waals surface area contributed by atoms with Gasteiger partial charge in [0.1, 0.15) is 0 Å². The highest BCUT2D eigenvalue weighted by molar-refractivity contribution is 4.34. The van der Waals surface area contributed by atoms with E-state index in [1.54, 1.807) is 0 Å². The Hall–Kier alpha value is -0.120. The molecule has 0 spiro atoms. The zero-order valence-corrected chi connectivity index (χ0v) is 6.13. The summed E-state index contributed by atoms with van der Waals surface area (Å²) in [5.41, 5.74) is 0. The van der Waals surface area contributed by atoms with Crippen molar-refractivity contribution in [2.45, 2.75) is 6.92 Å². The third-order valence-electron chi connectivity index (χ3n) is 1.09. The molecule has 0 heterocycles. The summed E-state index contributed by atoms with van der Waals surface area (Å²) >= 11 is 0. The summed E-state index contributed by atoms with van der Waals surface area (Å²) in [6.45, 7) is 4.19. The maximum Gasteiger partial charge on any atom is 0.0988 e. The Morgan fingerprint density at radius 3 is 2.67 bits per heavy atom. The van der Waals surface area contributed by atoms with Crippen LogP contribution in [0.15, 0.2) is 0 Å². The third-order valence-corrected chi connectivity index (χ3v) is 1.09. The molecule has 0 unspecified atom stereocenters. The first-order chi connectivity index (χ1) is 4.31. The number of hydrogen-bond donors (Lipinski definition) is 1. The molecular formula is C6H15NO2. The standard InChI is InChI=1S/C6H15NO2/c1-3-7(2)6-9-5-4-8/h8H,3-6H2,1-2H3. The summed E-state index contributed by atoms with van der Waals surface area (Å²) in [5.74, 6) is 0. The molecule has 0 aromatic rings. The second kappa shape index (κ2) is 6.01. The molecule has 0 aromatic heterocycles. The van der Waals surface area contributed by atoms with E-state index in [1.807, 2.05) is 11.9 Å². The van der Waals surface area contributed by atoms with Crippen molar-refractivity contribution in [2.75, 3.05) is 33.5 Å². The highest BCUT2D eigenvalue weighted by Gasteiger charge is 1.90. The van der Waals surface area contributed by atoms with Crippen LogP contribution in [-0.4, -0.2) is 43.5 Å². The predicted molar refractivity (Wildman–Crippen MR) is 36.2 cm³/mol. The van der Waals surface area contributed by atoms with Gasteiger partial charge in [-0.05, 0) is 13.6 Å². The molecule has 0 rings (SSSR count). The Morgan fingerprint density at radius 2 is 2.22 bits per heavy atom. The minimum Gasteiger partial charge on any atom is -0.394 e. The van der Waals surface area contributed by atoms with Crippen LogP contribution in [0.5, 0.6) is 0 Å². The zero-order valence-electron chi connectivity index (χ0n) is 6.13. The average Bonchev–Trinajstić information content (AvgIpc) is 1.89. The molecule has 9 heavy (non-hydrogen) atoms. The zero-order chi connectivity index (χ0) is 7.11. The summed E-state index contributed by atoms with van der Waals surface area (Å²) < 4.78 is 5.01. The van der Waals surface area contributed by atoms with Crippen LogP contribution in [0.4, 0.5) is 0 Å². The van der Waals surface area contributed by atoms with Crippen molar-refractivity contribution in [1.82, 2.24) is 4.90 Å². The number of aliphatic hydroxyl groups excluding tert-OH is 1. The Kier molecular flexibility index (Phi) is 5.93. The van der Waals surface area contributed by atoms with E-state index in [2.05, 4.69) is 6.92 Å². The van der Waals surface area contributed by atoms with E-state index < -0.39 is 0 Å². The topological polar surface area (TPSA) is 32.7 Å². The van der Waals surface area contributed by atoms with Crippen LogP contribution in [0.25, 0.3) is 0 Å². The van der Waals surface area contributed by atoms with Crippen molar-refractivity contribution >= 4 is 0 Å². The molecule has 0 atom stereocenters. The average molecular weight is 133 g/mol. The first-order valence-electron chi connectivity index (χ1n) is 3.18. The Bertz CT molecular complexity index is 59.0. The van der Waals surface area contributed by atoms with E-state index in [0.717, 1.165) is 6.54 Å². The van der Waals surface area contributed by atoms with E-state index in [4.69, 9.17) is 9.84 Å². The number of nitrogens with zero attached hydrogens (tertiary/aromatic N) is 1. The highest BCUT2D eigenvalue weighted by Crippen LogP contribution is 1.80. The van der Waals surface area contributed by atoms with Gasteiger partial charge in [0, 0.05) is 0 Å². The lowest BCUT2D eigenvalue weighted by atomic mass is 10.7. The maximum absolute atomic E-state index is 8.31.